The molecule has 0 saturated carbocycles. The van der Waals surface area contributed by atoms with Crippen molar-refractivity contribution in [1.82, 2.24) is 0 Å². The molecule has 0 radical (unpaired) electrons. The third-order valence-corrected chi connectivity index (χ3v) is 4.86. The van der Waals surface area contributed by atoms with Crippen LogP contribution in [0.25, 0.3) is 0 Å². The Kier molecular flexibility index (Phi) is 3.18. The lowest BCUT2D eigenvalue weighted by molar-refractivity contribution is 0.331. The van der Waals surface area contributed by atoms with Crippen molar-refractivity contribution in [3.8, 4) is 0 Å². The lowest BCUT2D eigenvalue weighted by atomic mass is 9.63. The van der Waals surface area contributed by atoms with Gasteiger partial charge in [0.05, 0.1) is 0 Å². The van der Waals surface area contributed by atoms with Gasteiger partial charge in [-0.25, -0.2) is 0 Å². The first kappa shape index (κ1) is 13.1. The zero-order chi connectivity index (χ0) is 12.8. The number of rotatable bonds is 1. The zero-order valence-electron chi connectivity index (χ0n) is 11.6. The van der Waals surface area contributed by atoms with Crippen LogP contribution >= 0.6 is 15.9 Å². The Hall–Kier alpha value is -0.300. The Labute approximate surface area is 114 Å². The second-order valence-electron chi connectivity index (χ2n) is 6.69. The van der Waals surface area contributed by atoms with E-state index in [1.54, 1.807) is 11.1 Å². The van der Waals surface area contributed by atoms with Crippen LogP contribution < -0.4 is 0 Å². The van der Waals surface area contributed by atoms with Gasteiger partial charge in [-0.3, -0.25) is 0 Å². The molecule has 1 aromatic rings. The molecular formula is C16H23Br. The summed E-state index contributed by atoms with van der Waals surface area (Å²) in [5.41, 5.74) is 5.15. The summed E-state index contributed by atoms with van der Waals surface area (Å²) in [5.74, 6) is 0. The third kappa shape index (κ3) is 2.31. The molecule has 1 heteroatoms. The fourth-order valence-corrected chi connectivity index (χ4v) is 3.14. The van der Waals surface area contributed by atoms with Crippen LogP contribution in [0, 0.1) is 0 Å². The van der Waals surface area contributed by atoms with Crippen molar-refractivity contribution >= 4 is 15.9 Å². The molecule has 1 aromatic carbocycles. The van der Waals surface area contributed by atoms with Gasteiger partial charge in [0, 0.05) is 4.83 Å². The normalized spacial score (nSPS) is 22.9. The van der Waals surface area contributed by atoms with Crippen LogP contribution in [0.4, 0.5) is 0 Å². The summed E-state index contributed by atoms with van der Waals surface area (Å²) in [7, 11) is 0. The predicted molar refractivity (Wildman–Crippen MR) is 79.1 cm³/mol. The van der Waals surface area contributed by atoms with Gasteiger partial charge in [-0.15, -0.1) is 0 Å². The quantitative estimate of drug-likeness (QED) is 0.601. The molecule has 2 rings (SSSR count). The summed E-state index contributed by atoms with van der Waals surface area (Å²) in [5, 5.41) is 0. The molecule has 0 bridgehead atoms. The molecule has 17 heavy (non-hydrogen) atoms. The van der Waals surface area contributed by atoms with E-state index < -0.39 is 0 Å². The van der Waals surface area contributed by atoms with E-state index in [-0.39, 0.29) is 0 Å². The van der Waals surface area contributed by atoms with Gasteiger partial charge < -0.3 is 0 Å². The van der Waals surface area contributed by atoms with Crippen molar-refractivity contribution in [2.24, 2.45) is 0 Å². The summed E-state index contributed by atoms with van der Waals surface area (Å²) in [6.45, 7) is 11.7. The summed E-state index contributed by atoms with van der Waals surface area (Å²) in [4.78, 5) is 0.439. The summed E-state index contributed by atoms with van der Waals surface area (Å²) < 4.78 is 0. The SMILES string of the molecule is C[C@H](Br)c1ccc2c(c1)C(C)(C)CCC2(C)C. The van der Waals surface area contributed by atoms with E-state index in [0.717, 1.165) is 0 Å². The van der Waals surface area contributed by atoms with E-state index in [1.807, 2.05) is 0 Å². The van der Waals surface area contributed by atoms with Crippen LogP contribution in [0.1, 0.15) is 69.0 Å². The number of hydrogen-bond acceptors (Lipinski definition) is 0. The highest BCUT2D eigenvalue weighted by Crippen LogP contribution is 2.46. The maximum atomic E-state index is 3.68. The molecule has 94 valence electrons. The van der Waals surface area contributed by atoms with E-state index in [0.29, 0.717) is 15.7 Å². The standard InChI is InChI=1S/C16H23Br/c1-11(17)12-6-7-13-14(10-12)16(4,5)9-8-15(13,2)3/h6-7,10-11H,8-9H2,1-5H3/t11-/m0/s1. The van der Waals surface area contributed by atoms with Crippen LogP contribution in [-0.2, 0) is 10.8 Å². The molecule has 1 aliphatic carbocycles. The number of halogens is 1. The van der Waals surface area contributed by atoms with E-state index in [4.69, 9.17) is 0 Å². The molecule has 1 aliphatic rings. The van der Waals surface area contributed by atoms with Gasteiger partial charge in [-0.1, -0.05) is 61.8 Å². The highest BCUT2D eigenvalue weighted by molar-refractivity contribution is 9.09. The smallest absolute Gasteiger partial charge is 0.0367 e. The number of fused-ring (bicyclic) bond motifs is 1. The minimum Gasteiger partial charge on any atom is -0.0842 e. The average Bonchev–Trinajstić information content (AvgIpc) is 2.24. The van der Waals surface area contributed by atoms with E-state index in [2.05, 4.69) is 68.7 Å². The molecular weight excluding hydrogens is 272 g/mol. The van der Waals surface area contributed by atoms with Crippen LogP contribution in [0.15, 0.2) is 18.2 Å². The lowest BCUT2D eigenvalue weighted by Gasteiger charge is -2.42. The molecule has 0 amide bonds. The Balaban J connectivity index is 2.60. The largest absolute Gasteiger partial charge is 0.0842 e. The number of alkyl halides is 1. The number of benzene rings is 1. The Morgan fingerprint density at radius 2 is 1.53 bits per heavy atom. The van der Waals surface area contributed by atoms with Gasteiger partial charge in [0.15, 0.2) is 0 Å². The summed E-state index contributed by atoms with van der Waals surface area (Å²) in [6.07, 6.45) is 2.57. The fourth-order valence-electron chi connectivity index (χ4n) is 2.85. The topological polar surface area (TPSA) is 0 Å². The highest BCUT2D eigenvalue weighted by Gasteiger charge is 2.36. The van der Waals surface area contributed by atoms with E-state index in [1.165, 1.54) is 18.4 Å². The third-order valence-electron chi connectivity index (χ3n) is 4.34. The van der Waals surface area contributed by atoms with Crippen molar-refractivity contribution in [3.05, 3.63) is 34.9 Å². The molecule has 0 unspecified atom stereocenters. The maximum absolute atomic E-state index is 3.68. The molecule has 0 fully saturated rings. The average molecular weight is 295 g/mol. The number of hydrogen-bond donors (Lipinski definition) is 0. The van der Waals surface area contributed by atoms with Gasteiger partial charge >= 0.3 is 0 Å². The van der Waals surface area contributed by atoms with Gasteiger partial charge in [0.2, 0.25) is 0 Å². The summed E-state index contributed by atoms with van der Waals surface area (Å²) >= 11 is 3.68. The summed E-state index contributed by atoms with van der Waals surface area (Å²) in [6, 6.07) is 7.04. The zero-order valence-corrected chi connectivity index (χ0v) is 13.2. The molecule has 0 aromatic heterocycles. The van der Waals surface area contributed by atoms with Gasteiger partial charge in [0.1, 0.15) is 0 Å². The Morgan fingerprint density at radius 1 is 1.00 bits per heavy atom. The van der Waals surface area contributed by atoms with Crippen LogP contribution in [0.5, 0.6) is 0 Å². The first-order chi connectivity index (χ1) is 7.74. The van der Waals surface area contributed by atoms with Crippen molar-refractivity contribution < 1.29 is 0 Å². The minimum absolute atomic E-state index is 0.322. The Bertz CT molecular complexity index is 427. The van der Waals surface area contributed by atoms with Crippen LogP contribution in [0.2, 0.25) is 0 Å². The van der Waals surface area contributed by atoms with Gasteiger partial charge in [-0.05, 0) is 47.3 Å². The molecule has 0 heterocycles. The van der Waals surface area contributed by atoms with E-state index >= 15 is 0 Å². The molecule has 0 aliphatic heterocycles. The van der Waals surface area contributed by atoms with Crippen molar-refractivity contribution in [3.63, 3.8) is 0 Å². The van der Waals surface area contributed by atoms with Crippen LogP contribution in [0.3, 0.4) is 0 Å². The fraction of sp³-hybridized carbons (Fsp3) is 0.625. The monoisotopic (exact) mass is 294 g/mol. The van der Waals surface area contributed by atoms with E-state index in [9.17, 15) is 0 Å². The molecule has 0 nitrogen and oxygen atoms in total. The van der Waals surface area contributed by atoms with Crippen LogP contribution in [-0.4, -0.2) is 0 Å². The maximum Gasteiger partial charge on any atom is 0.0367 e. The van der Waals surface area contributed by atoms with Crippen molar-refractivity contribution in [1.29, 1.82) is 0 Å². The first-order valence-electron chi connectivity index (χ1n) is 6.53. The highest BCUT2D eigenvalue weighted by atomic mass is 79.9. The molecule has 1 atom stereocenters. The van der Waals surface area contributed by atoms with Crippen molar-refractivity contribution in [2.45, 2.75) is 63.1 Å². The van der Waals surface area contributed by atoms with Gasteiger partial charge in [-0.2, -0.15) is 0 Å². The van der Waals surface area contributed by atoms with Crippen molar-refractivity contribution in [2.75, 3.05) is 0 Å². The molecule has 0 spiro atoms. The molecule has 0 N–H and O–H groups in total. The van der Waals surface area contributed by atoms with Gasteiger partial charge in [0.25, 0.3) is 0 Å². The second kappa shape index (κ2) is 4.12. The Morgan fingerprint density at radius 3 is 2.06 bits per heavy atom. The minimum atomic E-state index is 0.322. The second-order valence-corrected chi connectivity index (χ2v) is 8.06. The first-order valence-corrected chi connectivity index (χ1v) is 7.45. The molecule has 0 saturated heterocycles. The lowest BCUT2D eigenvalue weighted by Crippen LogP contribution is -2.33. The predicted octanol–water partition coefficient (Wildman–Crippen LogP) is 5.49.